The largest absolute Gasteiger partial charge is 0.416 e. The van der Waals surface area contributed by atoms with Crippen molar-refractivity contribution < 1.29 is 18.0 Å². The molecule has 0 unspecified atom stereocenters. The summed E-state index contributed by atoms with van der Waals surface area (Å²) in [5, 5.41) is 0.410. The molecule has 1 nitrogen and oxygen atoms in total. The molecule has 2 aromatic carbocycles. The second-order valence-corrected chi connectivity index (χ2v) is 5.69. The van der Waals surface area contributed by atoms with Crippen molar-refractivity contribution in [1.29, 1.82) is 0 Å². The number of hydrogen-bond acceptors (Lipinski definition) is 1. The van der Waals surface area contributed by atoms with Gasteiger partial charge in [-0.1, -0.05) is 29.8 Å². The summed E-state index contributed by atoms with van der Waals surface area (Å²) in [6.45, 7) is 0. The van der Waals surface area contributed by atoms with Crippen LogP contribution in [-0.4, -0.2) is 5.78 Å². The third-order valence-electron chi connectivity index (χ3n) is 2.89. The topological polar surface area (TPSA) is 17.1 Å². The lowest BCUT2D eigenvalue weighted by molar-refractivity contribution is -0.137. The molecule has 2 aromatic rings. The zero-order chi connectivity index (χ0) is 15.6. The highest BCUT2D eigenvalue weighted by atomic mass is 79.9. The van der Waals surface area contributed by atoms with Crippen molar-refractivity contribution in [3.05, 3.63) is 68.7 Å². The molecular weight excluding hydrogens is 369 g/mol. The first-order valence-electron chi connectivity index (χ1n) is 5.92. The van der Waals surface area contributed by atoms with E-state index in [0.717, 1.165) is 12.1 Å². The van der Waals surface area contributed by atoms with Crippen LogP contribution >= 0.6 is 27.5 Å². The Morgan fingerprint density at radius 1 is 1.10 bits per heavy atom. The van der Waals surface area contributed by atoms with Crippen LogP contribution < -0.4 is 0 Å². The van der Waals surface area contributed by atoms with Crippen LogP contribution in [0.5, 0.6) is 0 Å². The van der Waals surface area contributed by atoms with E-state index in [1.807, 2.05) is 0 Å². The molecule has 0 fully saturated rings. The minimum absolute atomic E-state index is 0.0239. The average molecular weight is 378 g/mol. The maximum absolute atomic E-state index is 12.4. The van der Waals surface area contributed by atoms with Gasteiger partial charge in [-0.2, -0.15) is 13.2 Å². The van der Waals surface area contributed by atoms with Gasteiger partial charge in [-0.25, -0.2) is 0 Å². The molecule has 2 rings (SSSR count). The minimum atomic E-state index is -4.37. The van der Waals surface area contributed by atoms with Gasteiger partial charge in [0, 0.05) is 16.5 Å². The molecule has 0 aliphatic rings. The Kier molecular flexibility index (Phi) is 4.74. The van der Waals surface area contributed by atoms with Gasteiger partial charge in [0.25, 0.3) is 0 Å². The van der Waals surface area contributed by atoms with Gasteiger partial charge in [0.2, 0.25) is 0 Å². The molecule has 0 spiro atoms. The third kappa shape index (κ3) is 4.08. The van der Waals surface area contributed by atoms with E-state index in [1.54, 1.807) is 12.1 Å². The predicted octanol–water partition coefficient (Wildman–Crippen LogP) is 5.55. The molecule has 0 radical (unpaired) electrons. The number of hydrogen-bond donors (Lipinski definition) is 0. The van der Waals surface area contributed by atoms with Crippen LogP contribution in [0.15, 0.2) is 46.9 Å². The molecule has 0 amide bonds. The molecule has 110 valence electrons. The molecular formula is C15H9BrClF3O. The van der Waals surface area contributed by atoms with E-state index >= 15 is 0 Å². The number of carbonyl (C=O) groups is 1. The van der Waals surface area contributed by atoms with Gasteiger partial charge in [0.1, 0.15) is 0 Å². The number of Topliss-reactive ketones (excluding diaryl/α,β-unsaturated/α-hetero) is 1. The number of rotatable bonds is 3. The monoisotopic (exact) mass is 376 g/mol. The zero-order valence-corrected chi connectivity index (χ0v) is 12.9. The SMILES string of the molecule is O=C(Cc1ccc(C(F)(F)F)cc1)c1ccc(Br)c(Cl)c1. The lowest BCUT2D eigenvalue weighted by Gasteiger charge is -2.07. The number of ketones is 1. The molecule has 0 saturated heterocycles. The summed E-state index contributed by atoms with van der Waals surface area (Å²) < 4.78 is 38.0. The van der Waals surface area contributed by atoms with Crippen molar-refractivity contribution in [3.8, 4) is 0 Å². The first-order chi connectivity index (χ1) is 9.77. The molecule has 0 aromatic heterocycles. The maximum Gasteiger partial charge on any atom is 0.416 e. The fourth-order valence-corrected chi connectivity index (χ4v) is 2.20. The Balaban J connectivity index is 2.14. The van der Waals surface area contributed by atoms with Gasteiger partial charge in [0.05, 0.1) is 10.6 Å². The second-order valence-electron chi connectivity index (χ2n) is 4.42. The van der Waals surface area contributed by atoms with Crippen LogP contribution in [0.3, 0.4) is 0 Å². The van der Waals surface area contributed by atoms with Crippen LogP contribution in [0, 0.1) is 0 Å². The Bertz CT molecular complexity index is 666. The van der Waals surface area contributed by atoms with Crippen molar-refractivity contribution in [2.75, 3.05) is 0 Å². The van der Waals surface area contributed by atoms with E-state index in [1.165, 1.54) is 18.2 Å². The van der Waals surface area contributed by atoms with Crippen LogP contribution in [-0.2, 0) is 12.6 Å². The maximum atomic E-state index is 12.4. The molecule has 0 saturated carbocycles. The Morgan fingerprint density at radius 2 is 1.71 bits per heavy atom. The quantitative estimate of drug-likeness (QED) is 0.641. The molecule has 0 bridgehead atoms. The molecule has 0 N–H and O–H groups in total. The summed E-state index contributed by atoms with van der Waals surface area (Å²) in [7, 11) is 0. The van der Waals surface area contributed by atoms with Gasteiger partial charge in [-0.3, -0.25) is 4.79 Å². The number of benzene rings is 2. The Morgan fingerprint density at radius 3 is 2.24 bits per heavy atom. The van der Waals surface area contributed by atoms with Crippen LogP contribution in [0.25, 0.3) is 0 Å². The molecule has 0 aliphatic carbocycles. The van der Waals surface area contributed by atoms with Gasteiger partial charge in [0.15, 0.2) is 5.78 Å². The van der Waals surface area contributed by atoms with Gasteiger partial charge >= 0.3 is 6.18 Å². The third-order valence-corrected chi connectivity index (χ3v) is 4.12. The molecule has 0 atom stereocenters. The standard InChI is InChI=1S/C15H9BrClF3O/c16-12-6-3-10(8-13(12)17)14(21)7-9-1-4-11(5-2-9)15(18,19)20/h1-6,8H,7H2. The second kappa shape index (κ2) is 6.20. The van der Waals surface area contributed by atoms with Crippen molar-refractivity contribution in [1.82, 2.24) is 0 Å². The van der Waals surface area contributed by atoms with E-state index in [9.17, 15) is 18.0 Å². The minimum Gasteiger partial charge on any atom is -0.294 e. The normalized spacial score (nSPS) is 11.5. The van der Waals surface area contributed by atoms with Crippen molar-refractivity contribution in [2.45, 2.75) is 12.6 Å². The van der Waals surface area contributed by atoms with E-state index < -0.39 is 11.7 Å². The van der Waals surface area contributed by atoms with E-state index in [-0.39, 0.29) is 12.2 Å². The fourth-order valence-electron chi connectivity index (χ4n) is 1.77. The summed E-state index contributed by atoms with van der Waals surface area (Å²) in [5.74, 6) is -0.204. The van der Waals surface area contributed by atoms with Gasteiger partial charge in [-0.05, 0) is 45.8 Å². The summed E-state index contributed by atoms with van der Waals surface area (Å²) >= 11 is 9.13. The van der Waals surface area contributed by atoms with Crippen LogP contribution in [0.1, 0.15) is 21.5 Å². The number of halogens is 5. The van der Waals surface area contributed by atoms with Crippen LogP contribution in [0.4, 0.5) is 13.2 Å². The zero-order valence-electron chi connectivity index (χ0n) is 10.5. The summed E-state index contributed by atoms with van der Waals surface area (Å²) in [4.78, 5) is 12.1. The lowest BCUT2D eigenvalue weighted by atomic mass is 10.0. The smallest absolute Gasteiger partial charge is 0.294 e. The first-order valence-corrected chi connectivity index (χ1v) is 7.09. The summed E-state index contributed by atoms with van der Waals surface area (Å²) in [5.41, 5.74) is 0.209. The Hall–Kier alpha value is -1.33. The highest BCUT2D eigenvalue weighted by molar-refractivity contribution is 9.10. The predicted molar refractivity (Wildman–Crippen MR) is 78.6 cm³/mol. The molecule has 0 aliphatic heterocycles. The van der Waals surface area contributed by atoms with E-state index in [4.69, 9.17) is 11.6 Å². The van der Waals surface area contributed by atoms with Gasteiger partial charge in [-0.15, -0.1) is 0 Å². The van der Waals surface area contributed by atoms with E-state index in [0.29, 0.717) is 20.6 Å². The van der Waals surface area contributed by atoms with Crippen molar-refractivity contribution in [2.24, 2.45) is 0 Å². The highest BCUT2D eigenvalue weighted by Gasteiger charge is 2.29. The Labute approximate surface area is 132 Å². The number of alkyl halides is 3. The van der Waals surface area contributed by atoms with E-state index in [2.05, 4.69) is 15.9 Å². The highest BCUT2D eigenvalue weighted by Crippen LogP contribution is 2.29. The summed E-state index contributed by atoms with van der Waals surface area (Å²) in [6, 6.07) is 9.35. The lowest BCUT2D eigenvalue weighted by Crippen LogP contribution is -2.06. The van der Waals surface area contributed by atoms with Crippen molar-refractivity contribution >= 4 is 33.3 Å². The van der Waals surface area contributed by atoms with Gasteiger partial charge < -0.3 is 0 Å². The van der Waals surface area contributed by atoms with Crippen molar-refractivity contribution in [3.63, 3.8) is 0 Å². The number of carbonyl (C=O) groups excluding carboxylic acids is 1. The summed E-state index contributed by atoms with van der Waals surface area (Å²) in [6.07, 6.45) is -4.35. The fraction of sp³-hybridized carbons (Fsp3) is 0.133. The molecule has 21 heavy (non-hydrogen) atoms. The van der Waals surface area contributed by atoms with Crippen LogP contribution in [0.2, 0.25) is 5.02 Å². The first kappa shape index (κ1) is 16.0. The average Bonchev–Trinajstić information content (AvgIpc) is 2.41. The molecule has 6 heteroatoms. The molecule has 0 heterocycles.